The van der Waals surface area contributed by atoms with Crippen molar-refractivity contribution >= 4 is 27.7 Å². The molecule has 0 saturated carbocycles. The second-order valence-electron chi connectivity index (χ2n) is 6.00. The van der Waals surface area contributed by atoms with Gasteiger partial charge in [0.1, 0.15) is 17.1 Å². The lowest BCUT2D eigenvalue weighted by Gasteiger charge is -2.12. The molecule has 1 N–H and O–H groups in total. The van der Waals surface area contributed by atoms with E-state index in [-0.39, 0.29) is 5.91 Å². The molecule has 1 aromatic heterocycles. The van der Waals surface area contributed by atoms with Crippen LogP contribution in [0, 0.1) is 6.92 Å². The minimum Gasteiger partial charge on any atom is -0.496 e. The molecule has 0 fully saturated rings. The number of carbonyl (C=O) groups is 1. The molecule has 1 heterocycles. The second kappa shape index (κ2) is 8.26. The Kier molecular flexibility index (Phi) is 5.81. The molecule has 0 aliphatic heterocycles. The summed E-state index contributed by atoms with van der Waals surface area (Å²) < 4.78 is 13.0. The number of nitrogens with one attached hydrogen (secondary N) is 1. The molecule has 0 unspecified atom stereocenters. The van der Waals surface area contributed by atoms with Crippen molar-refractivity contribution in [3.63, 3.8) is 0 Å². The lowest BCUT2D eigenvalue weighted by Crippen LogP contribution is -2.15. The van der Waals surface area contributed by atoms with E-state index >= 15 is 0 Å². The highest BCUT2D eigenvalue weighted by Gasteiger charge is 2.20. The molecule has 27 heavy (non-hydrogen) atoms. The highest BCUT2D eigenvalue weighted by molar-refractivity contribution is 9.10. The number of ether oxygens (including phenoxy) is 2. The Hall–Kier alpha value is -2.80. The fraction of sp³-hybridized carbons (Fsp3) is 0.200. The Bertz CT molecular complexity index is 929. The molecule has 3 aromatic rings. The average Bonchev–Trinajstić information content (AvgIpc) is 3.01. The molecule has 0 spiro atoms. The first-order valence-electron chi connectivity index (χ1n) is 8.32. The number of methoxy groups -OCH3 is 2. The third-order valence-corrected chi connectivity index (χ3v) is 4.65. The number of anilines is 1. The summed E-state index contributed by atoms with van der Waals surface area (Å²) in [5, 5.41) is 7.27. The van der Waals surface area contributed by atoms with E-state index in [1.165, 1.54) is 19.8 Å². The Morgan fingerprint density at radius 1 is 1.11 bits per heavy atom. The van der Waals surface area contributed by atoms with E-state index in [1.807, 2.05) is 13.1 Å². The molecule has 0 saturated heterocycles. The number of carbonyl (C=O) groups excluding carboxylic acids is 1. The first kappa shape index (κ1) is 19.0. The standard InChI is InChI=1S/C20H20BrN3O3/c1-13-7-9-14(10-8-13)11-24-12-15(21)19(23-24)22-20(25)18-16(26-2)5-4-6-17(18)27-3/h4-10,12H,11H2,1-3H3,(H,22,23,25). The van der Waals surface area contributed by atoms with Crippen LogP contribution in [0.1, 0.15) is 21.5 Å². The monoisotopic (exact) mass is 429 g/mol. The minimum absolute atomic E-state index is 0.322. The summed E-state index contributed by atoms with van der Waals surface area (Å²) in [6.07, 6.45) is 1.83. The van der Waals surface area contributed by atoms with Gasteiger partial charge in [0.25, 0.3) is 5.91 Å². The fourth-order valence-electron chi connectivity index (χ4n) is 2.69. The molecule has 7 heteroatoms. The highest BCUT2D eigenvalue weighted by atomic mass is 79.9. The molecule has 140 valence electrons. The summed E-state index contributed by atoms with van der Waals surface area (Å²) in [6.45, 7) is 2.65. The van der Waals surface area contributed by atoms with Gasteiger partial charge >= 0.3 is 0 Å². The molecule has 1 amide bonds. The van der Waals surface area contributed by atoms with E-state index in [9.17, 15) is 4.79 Å². The van der Waals surface area contributed by atoms with E-state index < -0.39 is 0 Å². The van der Waals surface area contributed by atoms with Gasteiger partial charge in [-0.15, -0.1) is 0 Å². The van der Waals surface area contributed by atoms with Gasteiger partial charge in [0, 0.05) is 6.20 Å². The van der Waals surface area contributed by atoms with Gasteiger partial charge in [0.15, 0.2) is 5.82 Å². The number of amides is 1. The van der Waals surface area contributed by atoms with Crippen molar-refractivity contribution in [2.45, 2.75) is 13.5 Å². The molecule has 0 bridgehead atoms. The van der Waals surface area contributed by atoms with Crippen LogP contribution in [-0.4, -0.2) is 29.9 Å². The van der Waals surface area contributed by atoms with E-state index in [2.05, 4.69) is 50.6 Å². The number of hydrogen-bond donors (Lipinski definition) is 1. The number of hydrogen-bond acceptors (Lipinski definition) is 4. The van der Waals surface area contributed by atoms with Crippen LogP contribution in [0.4, 0.5) is 5.82 Å². The Labute approximate surface area is 166 Å². The molecule has 6 nitrogen and oxygen atoms in total. The topological polar surface area (TPSA) is 65.4 Å². The zero-order chi connectivity index (χ0) is 19.4. The van der Waals surface area contributed by atoms with Crippen LogP contribution in [-0.2, 0) is 6.54 Å². The van der Waals surface area contributed by atoms with Crippen LogP contribution in [0.15, 0.2) is 53.1 Å². The normalized spacial score (nSPS) is 10.5. The Balaban J connectivity index is 1.81. The lowest BCUT2D eigenvalue weighted by molar-refractivity contribution is 0.102. The van der Waals surface area contributed by atoms with Crippen LogP contribution >= 0.6 is 15.9 Å². The van der Waals surface area contributed by atoms with Crippen LogP contribution < -0.4 is 14.8 Å². The second-order valence-corrected chi connectivity index (χ2v) is 6.85. The van der Waals surface area contributed by atoms with E-state index in [0.29, 0.717) is 33.9 Å². The number of halogens is 1. The number of benzene rings is 2. The van der Waals surface area contributed by atoms with Gasteiger partial charge in [-0.05, 0) is 40.5 Å². The largest absolute Gasteiger partial charge is 0.496 e. The summed E-state index contributed by atoms with van der Waals surface area (Å²) in [5.74, 6) is 0.940. The first-order chi connectivity index (χ1) is 13.0. The predicted octanol–water partition coefficient (Wildman–Crippen LogP) is 4.27. The number of aromatic nitrogens is 2. The van der Waals surface area contributed by atoms with Crippen molar-refractivity contribution in [3.05, 3.63) is 69.8 Å². The predicted molar refractivity (Wildman–Crippen MR) is 108 cm³/mol. The summed E-state index contributed by atoms with van der Waals surface area (Å²) in [7, 11) is 3.02. The average molecular weight is 430 g/mol. The summed E-state index contributed by atoms with van der Waals surface area (Å²) in [4.78, 5) is 12.8. The van der Waals surface area contributed by atoms with E-state index in [4.69, 9.17) is 9.47 Å². The maximum absolute atomic E-state index is 12.8. The Morgan fingerprint density at radius 3 is 2.33 bits per heavy atom. The van der Waals surface area contributed by atoms with Gasteiger partial charge in [-0.1, -0.05) is 35.9 Å². The molecule has 3 rings (SSSR count). The molecule has 2 aromatic carbocycles. The van der Waals surface area contributed by atoms with E-state index in [0.717, 1.165) is 5.56 Å². The van der Waals surface area contributed by atoms with Gasteiger partial charge in [-0.25, -0.2) is 0 Å². The zero-order valence-electron chi connectivity index (χ0n) is 15.3. The third kappa shape index (κ3) is 4.31. The minimum atomic E-state index is -0.356. The summed E-state index contributed by atoms with van der Waals surface area (Å²) in [5.41, 5.74) is 2.65. The quantitative estimate of drug-likeness (QED) is 0.635. The highest BCUT2D eigenvalue weighted by Crippen LogP contribution is 2.30. The van der Waals surface area contributed by atoms with Crippen molar-refractivity contribution in [1.82, 2.24) is 9.78 Å². The van der Waals surface area contributed by atoms with Crippen LogP contribution in [0.5, 0.6) is 11.5 Å². The smallest absolute Gasteiger partial charge is 0.264 e. The molecule has 0 atom stereocenters. The number of nitrogens with zero attached hydrogens (tertiary/aromatic N) is 2. The lowest BCUT2D eigenvalue weighted by atomic mass is 10.1. The molecule has 0 aliphatic carbocycles. The van der Waals surface area contributed by atoms with Crippen molar-refractivity contribution in [1.29, 1.82) is 0 Å². The fourth-order valence-corrected chi connectivity index (χ4v) is 3.10. The van der Waals surface area contributed by atoms with Gasteiger partial charge < -0.3 is 14.8 Å². The SMILES string of the molecule is COc1cccc(OC)c1C(=O)Nc1nn(Cc2ccc(C)cc2)cc1Br. The van der Waals surface area contributed by atoms with Crippen molar-refractivity contribution in [3.8, 4) is 11.5 Å². The van der Waals surface area contributed by atoms with Crippen molar-refractivity contribution in [2.75, 3.05) is 19.5 Å². The van der Waals surface area contributed by atoms with Crippen molar-refractivity contribution in [2.24, 2.45) is 0 Å². The summed E-state index contributed by atoms with van der Waals surface area (Å²) >= 11 is 3.45. The number of rotatable bonds is 6. The van der Waals surface area contributed by atoms with Crippen LogP contribution in [0.3, 0.4) is 0 Å². The van der Waals surface area contributed by atoms with Gasteiger partial charge in [0.05, 0.1) is 25.2 Å². The van der Waals surface area contributed by atoms with E-state index in [1.54, 1.807) is 22.9 Å². The molecular weight excluding hydrogens is 410 g/mol. The maximum atomic E-state index is 12.8. The third-order valence-electron chi connectivity index (χ3n) is 4.07. The van der Waals surface area contributed by atoms with Gasteiger partial charge in [0.2, 0.25) is 0 Å². The van der Waals surface area contributed by atoms with Gasteiger partial charge in [-0.2, -0.15) is 5.10 Å². The summed E-state index contributed by atoms with van der Waals surface area (Å²) in [6, 6.07) is 13.4. The first-order valence-corrected chi connectivity index (χ1v) is 9.12. The zero-order valence-corrected chi connectivity index (χ0v) is 16.9. The number of aryl methyl sites for hydroxylation is 1. The van der Waals surface area contributed by atoms with Crippen LogP contribution in [0.25, 0.3) is 0 Å². The maximum Gasteiger partial charge on any atom is 0.264 e. The van der Waals surface area contributed by atoms with Gasteiger partial charge in [-0.3, -0.25) is 9.48 Å². The van der Waals surface area contributed by atoms with Crippen LogP contribution in [0.2, 0.25) is 0 Å². The van der Waals surface area contributed by atoms with Crippen molar-refractivity contribution < 1.29 is 14.3 Å². The molecular formula is C20H20BrN3O3. The molecule has 0 aliphatic rings. The Morgan fingerprint density at radius 2 is 1.74 bits per heavy atom. The molecule has 0 radical (unpaired) electrons.